The van der Waals surface area contributed by atoms with Gasteiger partial charge in [0.1, 0.15) is 12.4 Å². The third kappa shape index (κ3) is 4.12. The first-order chi connectivity index (χ1) is 7.63. The van der Waals surface area contributed by atoms with Gasteiger partial charge in [-0.3, -0.25) is 0 Å². The molecule has 0 unspecified atom stereocenters. The minimum Gasteiger partial charge on any atom is -0.489 e. The highest BCUT2D eigenvalue weighted by molar-refractivity contribution is 5.24. The van der Waals surface area contributed by atoms with E-state index in [1.807, 2.05) is 11.9 Å². The number of halogens is 2. The Balaban J connectivity index is 2.37. The van der Waals surface area contributed by atoms with Crippen molar-refractivity contribution in [1.29, 1.82) is 0 Å². The molecule has 90 valence electrons. The number of hydrogen-bond donors (Lipinski definition) is 1. The second kappa shape index (κ2) is 6.40. The van der Waals surface area contributed by atoms with Crippen LogP contribution in [0.15, 0.2) is 18.2 Å². The van der Waals surface area contributed by atoms with Crippen LogP contribution in [0.2, 0.25) is 0 Å². The van der Waals surface area contributed by atoms with Crippen molar-refractivity contribution in [2.75, 3.05) is 33.3 Å². The summed E-state index contributed by atoms with van der Waals surface area (Å²) in [7, 11) is 1.90. The fourth-order valence-electron chi connectivity index (χ4n) is 1.24. The fourth-order valence-corrected chi connectivity index (χ4v) is 1.24. The highest BCUT2D eigenvalue weighted by atomic mass is 19.1. The Morgan fingerprint density at radius 3 is 2.69 bits per heavy atom. The molecule has 1 aromatic rings. The fraction of sp³-hybridized carbons (Fsp3) is 0.455. The summed E-state index contributed by atoms with van der Waals surface area (Å²) in [6, 6.07) is 3.26. The van der Waals surface area contributed by atoms with E-state index < -0.39 is 11.6 Å². The van der Waals surface area contributed by atoms with Gasteiger partial charge in [-0.1, -0.05) is 0 Å². The molecule has 0 aliphatic rings. The summed E-state index contributed by atoms with van der Waals surface area (Å²) in [5, 5.41) is 0. The van der Waals surface area contributed by atoms with Gasteiger partial charge < -0.3 is 15.4 Å². The molecule has 0 heterocycles. The number of rotatable bonds is 6. The molecule has 16 heavy (non-hydrogen) atoms. The Bertz CT molecular complexity index is 334. The zero-order valence-electron chi connectivity index (χ0n) is 9.25. The standard InChI is InChI=1S/C11H16F2N2O/c1-15(5-4-14)6-7-16-11-3-2-9(12)8-10(11)13/h2-3,8H,4-7,14H2,1H3. The maximum Gasteiger partial charge on any atom is 0.167 e. The Kier molecular flexibility index (Phi) is 5.14. The van der Waals surface area contributed by atoms with E-state index in [0.717, 1.165) is 12.6 Å². The summed E-state index contributed by atoms with van der Waals surface area (Å²) in [5.41, 5.74) is 5.37. The Labute approximate surface area is 93.8 Å². The van der Waals surface area contributed by atoms with Crippen LogP contribution in [0.25, 0.3) is 0 Å². The van der Waals surface area contributed by atoms with Gasteiger partial charge in [0.05, 0.1) is 0 Å². The van der Waals surface area contributed by atoms with E-state index in [0.29, 0.717) is 19.7 Å². The van der Waals surface area contributed by atoms with Crippen molar-refractivity contribution in [1.82, 2.24) is 4.90 Å². The van der Waals surface area contributed by atoms with Gasteiger partial charge in [0.25, 0.3) is 0 Å². The van der Waals surface area contributed by atoms with Crippen molar-refractivity contribution in [2.24, 2.45) is 5.73 Å². The van der Waals surface area contributed by atoms with Gasteiger partial charge in [-0.2, -0.15) is 0 Å². The lowest BCUT2D eigenvalue weighted by atomic mass is 10.3. The number of likely N-dealkylation sites (N-methyl/N-ethyl adjacent to an activating group) is 1. The van der Waals surface area contributed by atoms with Crippen LogP contribution in [0.4, 0.5) is 8.78 Å². The zero-order valence-corrected chi connectivity index (χ0v) is 9.25. The number of benzene rings is 1. The molecule has 3 nitrogen and oxygen atoms in total. The van der Waals surface area contributed by atoms with Gasteiger partial charge in [-0.15, -0.1) is 0 Å². The van der Waals surface area contributed by atoms with Gasteiger partial charge in [-0.05, 0) is 19.2 Å². The van der Waals surface area contributed by atoms with E-state index in [-0.39, 0.29) is 5.75 Å². The molecular weight excluding hydrogens is 214 g/mol. The molecule has 0 aliphatic heterocycles. The van der Waals surface area contributed by atoms with Crippen LogP contribution in [0.3, 0.4) is 0 Å². The zero-order chi connectivity index (χ0) is 12.0. The van der Waals surface area contributed by atoms with Crippen LogP contribution in [-0.2, 0) is 0 Å². The quantitative estimate of drug-likeness (QED) is 0.799. The monoisotopic (exact) mass is 230 g/mol. The molecule has 0 saturated carbocycles. The lowest BCUT2D eigenvalue weighted by Crippen LogP contribution is -2.29. The van der Waals surface area contributed by atoms with E-state index in [1.165, 1.54) is 12.1 Å². The molecule has 0 atom stereocenters. The molecule has 0 aromatic heterocycles. The second-order valence-electron chi connectivity index (χ2n) is 3.52. The normalized spacial score (nSPS) is 10.8. The summed E-state index contributed by atoms with van der Waals surface area (Å²) in [4.78, 5) is 1.97. The summed E-state index contributed by atoms with van der Waals surface area (Å²) in [5.74, 6) is -1.21. The topological polar surface area (TPSA) is 38.5 Å². The molecule has 0 bridgehead atoms. The largest absolute Gasteiger partial charge is 0.489 e. The van der Waals surface area contributed by atoms with Crippen molar-refractivity contribution in [3.8, 4) is 5.75 Å². The van der Waals surface area contributed by atoms with E-state index in [9.17, 15) is 8.78 Å². The summed E-state index contributed by atoms with van der Waals surface area (Å²) >= 11 is 0. The number of ether oxygens (including phenoxy) is 1. The first-order valence-electron chi connectivity index (χ1n) is 5.10. The highest BCUT2D eigenvalue weighted by Crippen LogP contribution is 2.17. The van der Waals surface area contributed by atoms with Crippen LogP contribution >= 0.6 is 0 Å². The summed E-state index contributed by atoms with van der Waals surface area (Å²) in [6.45, 7) is 2.32. The van der Waals surface area contributed by atoms with Crippen molar-refractivity contribution in [2.45, 2.75) is 0 Å². The van der Waals surface area contributed by atoms with E-state index in [2.05, 4.69) is 0 Å². The van der Waals surface area contributed by atoms with Crippen molar-refractivity contribution < 1.29 is 13.5 Å². The predicted molar refractivity (Wildman–Crippen MR) is 58.4 cm³/mol. The van der Waals surface area contributed by atoms with Crippen LogP contribution in [-0.4, -0.2) is 38.2 Å². The van der Waals surface area contributed by atoms with E-state index >= 15 is 0 Å². The van der Waals surface area contributed by atoms with Gasteiger partial charge in [0, 0.05) is 25.7 Å². The summed E-state index contributed by atoms with van der Waals surface area (Å²) < 4.78 is 30.9. The predicted octanol–water partition coefficient (Wildman–Crippen LogP) is 1.23. The van der Waals surface area contributed by atoms with Gasteiger partial charge in [-0.25, -0.2) is 8.78 Å². The molecule has 5 heteroatoms. The van der Waals surface area contributed by atoms with E-state index in [4.69, 9.17) is 10.5 Å². The maximum absolute atomic E-state index is 13.1. The average Bonchev–Trinajstić information content (AvgIpc) is 2.22. The van der Waals surface area contributed by atoms with Gasteiger partial charge in [0.15, 0.2) is 11.6 Å². The smallest absolute Gasteiger partial charge is 0.167 e. The first kappa shape index (κ1) is 12.9. The number of nitrogens with two attached hydrogens (primary N) is 1. The molecule has 0 amide bonds. The molecule has 0 aliphatic carbocycles. The van der Waals surface area contributed by atoms with Crippen LogP contribution < -0.4 is 10.5 Å². The lowest BCUT2D eigenvalue weighted by Gasteiger charge is -2.15. The van der Waals surface area contributed by atoms with Crippen LogP contribution in [0.5, 0.6) is 5.75 Å². The van der Waals surface area contributed by atoms with Crippen LogP contribution in [0, 0.1) is 11.6 Å². The molecule has 1 rings (SSSR count). The van der Waals surface area contributed by atoms with Crippen molar-refractivity contribution in [3.05, 3.63) is 29.8 Å². The lowest BCUT2D eigenvalue weighted by molar-refractivity contribution is 0.233. The molecule has 0 saturated heterocycles. The Morgan fingerprint density at radius 1 is 1.31 bits per heavy atom. The molecule has 2 N–H and O–H groups in total. The molecule has 0 radical (unpaired) electrons. The Hall–Kier alpha value is -1.20. The first-order valence-corrected chi connectivity index (χ1v) is 5.10. The number of hydrogen-bond acceptors (Lipinski definition) is 3. The highest BCUT2D eigenvalue weighted by Gasteiger charge is 2.05. The summed E-state index contributed by atoms with van der Waals surface area (Å²) in [6.07, 6.45) is 0. The third-order valence-corrected chi connectivity index (χ3v) is 2.14. The average molecular weight is 230 g/mol. The Morgan fingerprint density at radius 2 is 2.06 bits per heavy atom. The van der Waals surface area contributed by atoms with Crippen molar-refractivity contribution in [3.63, 3.8) is 0 Å². The minimum atomic E-state index is -0.679. The molecule has 0 spiro atoms. The third-order valence-electron chi connectivity index (χ3n) is 2.14. The minimum absolute atomic E-state index is 0.0718. The van der Waals surface area contributed by atoms with E-state index in [1.54, 1.807) is 0 Å². The van der Waals surface area contributed by atoms with Crippen molar-refractivity contribution >= 4 is 0 Å². The van der Waals surface area contributed by atoms with Gasteiger partial charge in [0.2, 0.25) is 0 Å². The molecule has 0 fully saturated rings. The second-order valence-corrected chi connectivity index (χ2v) is 3.52. The number of nitrogens with zero attached hydrogens (tertiary/aromatic N) is 1. The van der Waals surface area contributed by atoms with Crippen LogP contribution in [0.1, 0.15) is 0 Å². The molecular formula is C11H16F2N2O. The maximum atomic E-state index is 13.1. The molecule has 1 aromatic carbocycles. The van der Waals surface area contributed by atoms with Gasteiger partial charge >= 0.3 is 0 Å². The SMILES string of the molecule is CN(CCN)CCOc1ccc(F)cc1F.